The van der Waals surface area contributed by atoms with E-state index in [0.29, 0.717) is 13.1 Å². The third kappa shape index (κ3) is 4.61. The molecule has 21 heavy (non-hydrogen) atoms. The molecule has 2 N–H and O–H groups in total. The van der Waals surface area contributed by atoms with E-state index in [1.54, 1.807) is 5.06 Å². The first-order valence-corrected chi connectivity index (χ1v) is 6.84. The van der Waals surface area contributed by atoms with E-state index in [1.807, 2.05) is 43.3 Å². The molecule has 1 aliphatic heterocycles. The van der Waals surface area contributed by atoms with E-state index in [9.17, 15) is 4.79 Å². The number of hydrogen-bond acceptors (Lipinski definition) is 5. The van der Waals surface area contributed by atoms with Crippen molar-refractivity contribution in [2.75, 3.05) is 13.1 Å². The molecule has 1 amide bonds. The average molecular weight is 289 g/mol. The first-order valence-electron chi connectivity index (χ1n) is 6.84. The number of nitrogens with zero attached hydrogens (tertiary/aromatic N) is 2. The van der Waals surface area contributed by atoms with Crippen molar-refractivity contribution in [1.29, 1.82) is 0 Å². The summed E-state index contributed by atoms with van der Waals surface area (Å²) in [5.74, 6) is 0. The van der Waals surface area contributed by atoms with Gasteiger partial charge in [-0.3, -0.25) is 0 Å². The summed E-state index contributed by atoms with van der Waals surface area (Å²) >= 11 is 0. The molecule has 1 heterocycles. The lowest BCUT2D eigenvalue weighted by Crippen LogP contribution is -2.38. The van der Waals surface area contributed by atoms with Gasteiger partial charge in [0, 0.05) is 6.54 Å². The van der Waals surface area contributed by atoms with Crippen molar-refractivity contribution in [3.05, 3.63) is 47.5 Å². The minimum atomic E-state index is -0.492. The van der Waals surface area contributed by atoms with Crippen LogP contribution in [0.3, 0.4) is 0 Å². The van der Waals surface area contributed by atoms with Gasteiger partial charge in [0.1, 0.15) is 0 Å². The molecule has 1 aromatic rings. The lowest BCUT2D eigenvalue weighted by molar-refractivity contribution is -0.0940. The van der Waals surface area contributed by atoms with Crippen LogP contribution in [0, 0.1) is 0 Å². The van der Waals surface area contributed by atoms with E-state index in [-0.39, 0.29) is 6.04 Å². The number of hydrogen-bond donors (Lipinski definition) is 2. The van der Waals surface area contributed by atoms with Gasteiger partial charge in [-0.25, -0.2) is 4.79 Å². The second kappa shape index (κ2) is 7.44. The highest BCUT2D eigenvalue weighted by molar-refractivity contribution is 5.78. The van der Waals surface area contributed by atoms with Gasteiger partial charge in [-0.2, -0.15) is 0 Å². The van der Waals surface area contributed by atoms with E-state index in [4.69, 9.17) is 10.0 Å². The summed E-state index contributed by atoms with van der Waals surface area (Å²) in [5, 5.41) is 15.8. The van der Waals surface area contributed by atoms with Crippen LogP contribution in [0.25, 0.3) is 0 Å². The SMILES string of the molecule is C[C@@H](NC(=O)ON1CCC=C(C=NO)C1)c1ccccc1. The highest BCUT2D eigenvalue weighted by atomic mass is 16.7. The molecule has 6 nitrogen and oxygen atoms in total. The van der Waals surface area contributed by atoms with Crippen molar-refractivity contribution in [3.8, 4) is 0 Å². The predicted molar refractivity (Wildman–Crippen MR) is 79.0 cm³/mol. The van der Waals surface area contributed by atoms with Gasteiger partial charge in [0.2, 0.25) is 0 Å². The van der Waals surface area contributed by atoms with Crippen LogP contribution in [0.2, 0.25) is 0 Å². The molecule has 0 aliphatic carbocycles. The average Bonchev–Trinajstić information content (AvgIpc) is 2.48. The van der Waals surface area contributed by atoms with Crippen molar-refractivity contribution in [2.45, 2.75) is 19.4 Å². The first kappa shape index (κ1) is 15.1. The van der Waals surface area contributed by atoms with Gasteiger partial charge in [-0.15, -0.1) is 5.06 Å². The third-order valence-corrected chi connectivity index (χ3v) is 3.21. The van der Waals surface area contributed by atoms with Crippen LogP contribution >= 0.6 is 0 Å². The number of oxime groups is 1. The van der Waals surface area contributed by atoms with Crippen LogP contribution in [0.15, 0.2) is 47.1 Å². The normalized spacial score (nSPS) is 17.3. The Balaban J connectivity index is 1.84. The molecule has 0 spiro atoms. The lowest BCUT2D eigenvalue weighted by atomic mass is 10.1. The van der Waals surface area contributed by atoms with Crippen molar-refractivity contribution in [2.24, 2.45) is 5.16 Å². The maximum absolute atomic E-state index is 11.9. The maximum Gasteiger partial charge on any atom is 0.426 e. The van der Waals surface area contributed by atoms with Crippen molar-refractivity contribution in [1.82, 2.24) is 10.4 Å². The Morgan fingerprint density at radius 2 is 2.24 bits per heavy atom. The molecule has 0 radical (unpaired) electrons. The van der Waals surface area contributed by atoms with Crippen molar-refractivity contribution < 1.29 is 14.8 Å². The number of nitrogens with one attached hydrogen (secondary N) is 1. The van der Waals surface area contributed by atoms with Gasteiger partial charge in [-0.1, -0.05) is 41.6 Å². The van der Waals surface area contributed by atoms with Gasteiger partial charge in [0.15, 0.2) is 0 Å². The van der Waals surface area contributed by atoms with Gasteiger partial charge in [0.25, 0.3) is 0 Å². The number of amides is 1. The molecule has 2 rings (SSSR count). The van der Waals surface area contributed by atoms with E-state index >= 15 is 0 Å². The molecular weight excluding hydrogens is 270 g/mol. The fraction of sp³-hybridized carbons (Fsp3) is 0.333. The molecule has 0 saturated heterocycles. The zero-order chi connectivity index (χ0) is 15.1. The van der Waals surface area contributed by atoms with Gasteiger partial charge in [0.05, 0.1) is 18.8 Å². The zero-order valence-electron chi connectivity index (χ0n) is 11.9. The monoisotopic (exact) mass is 289 g/mol. The van der Waals surface area contributed by atoms with E-state index in [2.05, 4.69) is 10.5 Å². The van der Waals surface area contributed by atoms with Crippen molar-refractivity contribution >= 4 is 12.3 Å². The Hall–Kier alpha value is -2.34. The lowest BCUT2D eigenvalue weighted by Gasteiger charge is -2.25. The number of benzene rings is 1. The number of hydroxylamine groups is 2. The fourth-order valence-electron chi connectivity index (χ4n) is 2.13. The summed E-state index contributed by atoms with van der Waals surface area (Å²) in [4.78, 5) is 17.1. The van der Waals surface area contributed by atoms with Crippen LogP contribution in [0.4, 0.5) is 4.79 Å². The summed E-state index contributed by atoms with van der Waals surface area (Å²) in [7, 11) is 0. The molecule has 0 fully saturated rings. The molecule has 0 aromatic heterocycles. The Kier molecular flexibility index (Phi) is 5.34. The van der Waals surface area contributed by atoms with Crippen LogP contribution in [0.5, 0.6) is 0 Å². The minimum Gasteiger partial charge on any atom is -0.411 e. The Morgan fingerprint density at radius 3 is 2.95 bits per heavy atom. The van der Waals surface area contributed by atoms with Crippen LogP contribution < -0.4 is 5.32 Å². The molecule has 0 bridgehead atoms. The predicted octanol–water partition coefficient (Wildman–Crippen LogP) is 2.48. The molecule has 0 saturated carbocycles. The summed E-state index contributed by atoms with van der Waals surface area (Å²) < 4.78 is 0. The quantitative estimate of drug-likeness (QED) is 0.507. The number of carbonyl (C=O) groups excluding carboxylic acids is 1. The smallest absolute Gasteiger partial charge is 0.411 e. The summed E-state index contributed by atoms with van der Waals surface area (Å²) in [6, 6.07) is 9.55. The number of carbonyl (C=O) groups is 1. The molecular formula is C15H19N3O3. The zero-order valence-corrected chi connectivity index (χ0v) is 11.9. The van der Waals surface area contributed by atoms with E-state index < -0.39 is 6.09 Å². The Labute approximate surface area is 123 Å². The first-order chi connectivity index (χ1) is 10.2. The molecule has 112 valence electrons. The van der Waals surface area contributed by atoms with Gasteiger partial charge < -0.3 is 15.4 Å². The van der Waals surface area contributed by atoms with E-state index in [0.717, 1.165) is 17.6 Å². The summed E-state index contributed by atoms with van der Waals surface area (Å²) in [6.07, 6.45) is 3.54. The summed E-state index contributed by atoms with van der Waals surface area (Å²) in [5.41, 5.74) is 1.83. The Morgan fingerprint density at radius 1 is 1.48 bits per heavy atom. The van der Waals surface area contributed by atoms with Gasteiger partial charge in [-0.05, 0) is 24.5 Å². The summed E-state index contributed by atoms with van der Waals surface area (Å²) in [6.45, 7) is 2.93. The fourth-order valence-corrected chi connectivity index (χ4v) is 2.13. The molecule has 0 unspecified atom stereocenters. The van der Waals surface area contributed by atoms with Crippen molar-refractivity contribution in [3.63, 3.8) is 0 Å². The maximum atomic E-state index is 11.9. The third-order valence-electron chi connectivity index (χ3n) is 3.21. The largest absolute Gasteiger partial charge is 0.426 e. The second-order valence-corrected chi connectivity index (χ2v) is 4.83. The topological polar surface area (TPSA) is 74.2 Å². The molecule has 1 aromatic carbocycles. The molecule has 6 heteroatoms. The Bertz CT molecular complexity index is 528. The minimum absolute atomic E-state index is 0.127. The highest BCUT2D eigenvalue weighted by Gasteiger charge is 2.17. The highest BCUT2D eigenvalue weighted by Crippen LogP contribution is 2.12. The van der Waals surface area contributed by atoms with Gasteiger partial charge >= 0.3 is 6.09 Å². The van der Waals surface area contributed by atoms with E-state index in [1.165, 1.54) is 6.21 Å². The van der Waals surface area contributed by atoms with Crippen LogP contribution in [-0.2, 0) is 4.84 Å². The molecule has 1 aliphatic rings. The second-order valence-electron chi connectivity index (χ2n) is 4.83. The standard InChI is InChI=1S/C15H19N3O3/c1-12(14-7-3-2-4-8-14)17-15(19)21-18-9-5-6-13(11-18)10-16-20/h2-4,6-8,10,12,20H,5,9,11H2,1H3,(H,17,19)/t12-/m1/s1. The number of rotatable bonds is 4. The molecule has 1 atom stereocenters. The van der Waals surface area contributed by atoms with Crippen LogP contribution in [0.1, 0.15) is 24.9 Å². The van der Waals surface area contributed by atoms with Crippen LogP contribution in [-0.4, -0.2) is 35.7 Å².